The average molecular weight is 266 g/mol. The molecule has 1 aromatic rings. The Morgan fingerprint density at radius 1 is 1.20 bits per heavy atom. The molecule has 1 aromatic carbocycles. The van der Waals surface area contributed by atoms with E-state index in [0.717, 1.165) is 28.9 Å². The standard InChI is InChI=1S/C17H14O3/c18-17(19)13-7-8-16-15(11-13)14(9-10-20-16)12-5-3-1-2-4-6-12/h1-3,5-9,11H,4,10H2,(H,18,19). The van der Waals surface area contributed by atoms with Crippen molar-refractivity contribution >= 4 is 11.5 Å². The van der Waals surface area contributed by atoms with Crippen LogP contribution >= 0.6 is 0 Å². The van der Waals surface area contributed by atoms with Crippen LogP contribution in [0.4, 0.5) is 0 Å². The lowest BCUT2D eigenvalue weighted by Crippen LogP contribution is -2.07. The first kappa shape index (κ1) is 12.5. The number of carbonyl (C=O) groups is 1. The van der Waals surface area contributed by atoms with Crippen LogP contribution in [0.5, 0.6) is 5.75 Å². The Morgan fingerprint density at radius 3 is 2.95 bits per heavy atom. The predicted molar refractivity (Wildman–Crippen MR) is 77.9 cm³/mol. The van der Waals surface area contributed by atoms with Crippen molar-refractivity contribution in [3.05, 3.63) is 71.4 Å². The van der Waals surface area contributed by atoms with E-state index in [0.29, 0.717) is 6.61 Å². The molecule has 20 heavy (non-hydrogen) atoms. The molecule has 3 heteroatoms. The molecular weight excluding hydrogens is 252 g/mol. The molecule has 1 N–H and O–H groups in total. The fourth-order valence-corrected chi connectivity index (χ4v) is 2.38. The highest BCUT2D eigenvalue weighted by Gasteiger charge is 2.18. The summed E-state index contributed by atoms with van der Waals surface area (Å²) in [7, 11) is 0. The van der Waals surface area contributed by atoms with Gasteiger partial charge in [0, 0.05) is 5.56 Å². The molecule has 0 bridgehead atoms. The van der Waals surface area contributed by atoms with Crippen molar-refractivity contribution in [2.45, 2.75) is 6.42 Å². The van der Waals surface area contributed by atoms with E-state index in [-0.39, 0.29) is 5.56 Å². The van der Waals surface area contributed by atoms with Gasteiger partial charge in [0.1, 0.15) is 12.4 Å². The number of allylic oxidation sites excluding steroid dienone is 7. The molecule has 0 spiro atoms. The molecule has 0 saturated carbocycles. The minimum Gasteiger partial charge on any atom is -0.489 e. The van der Waals surface area contributed by atoms with Crippen LogP contribution in [-0.2, 0) is 0 Å². The van der Waals surface area contributed by atoms with Gasteiger partial charge in [0.15, 0.2) is 0 Å². The number of ether oxygens (including phenoxy) is 1. The van der Waals surface area contributed by atoms with Crippen molar-refractivity contribution in [1.29, 1.82) is 0 Å². The van der Waals surface area contributed by atoms with Crippen molar-refractivity contribution < 1.29 is 14.6 Å². The van der Waals surface area contributed by atoms with E-state index in [2.05, 4.69) is 12.2 Å². The number of hydrogen-bond donors (Lipinski definition) is 1. The van der Waals surface area contributed by atoms with Gasteiger partial charge in [-0.1, -0.05) is 30.4 Å². The summed E-state index contributed by atoms with van der Waals surface area (Å²) in [6.07, 6.45) is 13.1. The summed E-state index contributed by atoms with van der Waals surface area (Å²) in [5, 5.41) is 9.13. The third kappa shape index (κ3) is 2.30. The smallest absolute Gasteiger partial charge is 0.335 e. The van der Waals surface area contributed by atoms with Gasteiger partial charge in [-0.25, -0.2) is 4.79 Å². The van der Waals surface area contributed by atoms with Gasteiger partial charge in [0.2, 0.25) is 0 Å². The summed E-state index contributed by atoms with van der Waals surface area (Å²) in [6.45, 7) is 0.507. The summed E-state index contributed by atoms with van der Waals surface area (Å²) in [5.41, 5.74) is 3.25. The summed E-state index contributed by atoms with van der Waals surface area (Å²) >= 11 is 0. The van der Waals surface area contributed by atoms with Crippen molar-refractivity contribution in [3.63, 3.8) is 0 Å². The van der Waals surface area contributed by atoms with Gasteiger partial charge < -0.3 is 9.84 Å². The fourth-order valence-electron chi connectivity index (χ4n) is 2.38. The number of aromatic carboxylic acids is 1. The molecule has 100 valence electrons. The van der Waals surface area contributed by atoms with Crippen LogP contribution in [0.1, 0.15) is 22.3 Å². The van der Waals surface area contributed by atoms with Gasteiger partial charge in [-0.05, 0) is 41.8 Å². The van der Waals surface area contributed by atoms with Gasteiger partial charge in [-0.3, -0.25) is 0 Å². The zero-order chi connectivity index (χ0) is 13.9. The number of hydrogen-bond acceptors (Lipinski definition) is 2. The lowest BCUT2D eigenvalue weighted by Gasteiger charge is -2.20. The second-order valence-electron chi connectivity index (χ2n) is 4.63. The topological polar surface area (TPSA) is 46.5 Å². The second-order valence-corrected chi connectivity index (χ2v) is 4.63. The number of benzene rings is 1. The molecule has 0 radical (unpaired) electrons. The Morgan fingerprint density at radius 2 is 2.10 bits per heavy atom. The first-order valence-corrected chi connectivity index (χ1v) is 6.50. The van der Waals surface area contributed by atoms with E-state index < -0.39 is 5.97 Å². The van der Waals surface area contributed by atoms with Gasteiger partial charge >= 0.3 is 5.97 Å². The van der Waals surface area contributed by atoms with Crippen LogP contribution in [0.15, 0.2) is 60.2 Å². The molecular formula is C17H14O3. The van der Waals surface area contributed by atoms with Gasteiger partial charge in [0.25, 0.3) is 0 Å². The molecule has 1 aliphatic heterocycles. The lowest BCUT2D eigenvalue weighted by atomic mass is 9.93. The van der Waals surface area contributed by atoms with E-state index in [1.54, 1.807) is 18.2 Å². The van der Waals surface area contributed by atoms with Crippen molar-refractivity contribution in [3.8, 4) is 5.75 Å². The number of carboxylic acid groups (broad SMARTS) is 1. The highest BCUT2D eigenvalue weighted by atomic mass is 16.5. The van der Waals surface area contributed by atoms with E-state index >= 15 is 0 Å². The average Bonchev–Trinajstić information content (AvgIpc) is 2.75. The van der Waals surface area contributed by atoms with Gasteiger partial charge in [-0.2, -0.15) is 0 Å². The number of carboxylic acids is 1. The van der Waals surface area contributed by atoms with Crippen LogP contribution in [0.25, 0.3) is 5.57 Å². The summed E-state index contributed by atoms with van der Waals surface area (Å²) in [4.78, 5) is 11.1. The molecule has 0 atom stereocenters. The molecule has 0 saturated heterocycles. The van der Waals surface area contributed by atoms with Crippen LogP contribution in [0, 0.1) is 0 Å². The monoisotopic (exact) mass is 266 g/mol. The van der Waals surface area contributed by atoms with Crippen LogP contribution in [-0.4, -0.2) is 17.7 Å². The van der Waals surface area contributed by atoms with E-state index in [1.807, 2.05) is 24.3 Å². The Balaban J connectivity index is 2.07. The highest BCUT2D eigenvalue weighted by molar-refractivity contribution is 5.92. The maximum absolute atomic E-state index is 11.1. The third-order valence-corrected chi connectivity index (χ3v) is 3.35. The largest absolute Gasteiger partial charge is 0.489 e. The maximum Gasteiger partial charge on any atom is 0.335 e. The first-order chi connectivity index (χ1) is 9.75. The minimum atomic E-state index is -0.926. The van der Waals surface area contributed by atoms with Crippen LogP contribution < -0.4 is 4.74 Å². The molecule has 3 nitrogen and oxygen atoms in total. The molecule has 0 aromatic heterocycles. The highest BCUT2D eigenvalue weighted by Crippen LogP contribution is 2.36. The molecule has 2 aliphatic rings. The van der Waals surface area contributed by atoms with Gasteiger partial charge in [0.05, 0.1) is 5.56 Å². The Bertz CT molecular complexity index is 675. The second kappa shape index (κ2) is 5.21. The summed E-state index contributed by atoms with van der Waals surface area (Å²) in [5.74, 6) is -0.191. The Labute approximate surface area is 117 Å². The normalized spacial score (nSPS) is 16.6. The first-order valence-electron chi connectivity index (χ1n) is 6.50. The van der Waals surface area contributed by atoms with Crippen LogP contribution in [0.3, 0.4) is 0 Å². The molecule has 3 rings (SSSR count). The van der Waals surface area contributed by atoms with Gasteiger partial charge in [-0.15, -0.1) is 0 Å². The predicted octanol–water partition coefficient (Wildman–Crippen LogP) is 3.60. The Hall–Kier alpha value is -2.55. The van der Waals surface area contributed by atoms with E-state index in [9.17, 15) is 4.79 Å². The summed E-state index contributed by atoms with van der Waals surface area (Å²) in [6, 6.07) is 4.98. The fraction of sp³-hybridized carbons (Fsp3) is 0.118. The molecule has 1 aliphatic carbocycles. The molecule has 0 unspecified atom stereocenters. The third-order valence-electron chi connectivity index (χ3n) is 3.35. The lowest BCUT2D eigenvalue weighted by molar-refractivity contribution is 0.0697. The Kier molecular flexibility index (Phi) is 3.25. The number of fused-ring (bicyclic) bond motifs is 1. The zero-order valence-electron chi connectivity index (χ0n) is 10.9. The van der Waals surface area contributed by atoms with Crippen molar-refractivity contribution in [1.82, 2.24) is 0 Å². The van der Waals surface area contributed by atoms with Crippen molar-refractivity contribution in [2.75, 3.05) is 6.61 Å². The van der Waals surface area contributed by atoms with E-state index in [1.165, 1.54) is 0 Å². The number of rotatable bonds is 2. The SMILES string of the molecule is O=C(O)c1ccc2c(c1)C(C1=CCC=CC=C1)=CCO2. The van der Waals surface area contributed by atoms with Crippen LogP contribution in [0.2, 0.25) is 0 Å². The van der Waals surface area contributed by atoms with Crippen molar-refractivity contribution in [2.24, 2.45) is 0 Å². The molecule has 0 fully saturated rings. The maximum atomic E-state index is 11.1. The summed E-state index contributed by atoms with van der Waals surface area (Å²) < 4.78 is 5.57. The quantitative estimate of drug-likeness (QED) is 0.889. The molecule has 0 amide bonds. The minimum absolute atomic E-state index is 0.275. The zero-order valence-corrected chi connectivity index (χ0v) is 10.9. The van der Waals surface area contributed by atoms with E-state index in [4.69, 9.17) is 9.84 Å². The molecule has 1 heterocycles.